The molecule has 1 aliphatic rings. The van der Waals surface area contributed by atoms with Gasteiger partial charge in [0, 0.05) is 11.6 Å². The Labute approximate surface area is 201 Å². The van der Waals surface area contributed by atoms with E-state index in [4.69, 9.17) is 14.0 Å². The third kappa shape index (κ3) is 4.52. The van der Waals surface area contributed by atoms with E-state index in [1.54, 1.807) is 43.3 Å². The normalized spacial score (nSPS) is 17.2. The van der Waals surface area contributed by atoms with E-state index in [0.29, 0.717) is 28.2 Å². The Morgan fingerprint density at radius 2 is 1.69 bits per heavy atom. The molecule has 1 N–H and O–H groups in total. The summed E-state index contributed by atoms with van der Waals surface area (Å²) in [7, 11) is 1.27. The van der Waals surface area contributed by atoms with Gasteiger partial charge in [0.25, 0.3) is 5.78 Å². The van der Waals surface area contributed by atoms with Gasteiger partial charge in [-0.05, 0) is 62.7 Å². The molecule has 180 valence electrons. The second-order valence-electron chi connectivity index (χ2n) is 8.27. The van der Waals surface area contributed by atoms with Gasteiger partial charge in [0.2, 0.25) is 0 Å². The maximum Gasteiger partial charge on any atom is 0.337 e. The summed E-state index contributed by atoms with van der Waals surface area (Å²) in [6.07, 6.45) is -0.0290. The van der Waals surface area contributed by atoms with Gasteiger partial charge >= 0.3 is 11.9 Å². The highest BCUT2D eigenvalue weighted by atomic mass is 16.5. The molecule has 1 aromatic heterocycles. The number of aliphatic hydroxyl groups is 1. The molecule has 0 unspecified atom stereocenters. The fourth-order valence-electron chi connectivity index (χ4n) is 3.89. The summed E-state index contributed by atoms with van der Waals surface area (Å²) < 4.78 is 15.5. The van der Waals surface area contributed by atoms with Crippen LogP contribution in [0.25, 0.3) is 5.76 Å². The number of hydrogen-bond donors (Lipinski definition) is 1. The van der Waals surface area contributed by atoms with Crippen LogP contribution >= 0.6 is 0 Å². The zero-order valence-electron chi connectivity index (χ0n) is 19.6. The summed E-state index contributed by atoms with van der Waals surface area (Å²) in [4.78, 5) is 39.3. The predicted molar refractivity (Wildman–Crippen MR) is 126 cm³/mol. The zero-order valence-corrected chi connectivity index (χ0v) is 19.6. The van der Waals surface area contributed by atoms with Crippen LogP contribution in [0.4, 0.5) is 5.82 Å². The number of Topliss-reactive ketones (excluding diaryl/α,β-unsaturated/α-hetero) is 1. The highest BCUT2D eigenvalue weighted by Gasteiger charge is 2.48. The maximum absolute atomic E-state index is 13.2. The van der Waals surface area contributed by atoms with Crippen molar-refractivity contribution in [3.63, 3.8) is 0 Å². The highest BCUT2D eigenvalue weighted by Crippen LogP contribution is 2.42. The van der Waals surface area contributed by atoms with Crippen molar-refractivity contribution in [2.24, 2.45) is 0 Å². The number of hydrogen-bond acceptors (Lipinski definition) is 8. The SMILES string of the molecule is COC(=O)c1ccc([C@H]2C(=C(O)c3ccc(OC(C)C)cc3)C(=O)C(=O)N2c2cc(C)on2)cc1. The second kappa shape index (κ2) is 9.46. The number of aliphatic hydroxyl groups excluding tert-OH is 1. The quantitative estimate of drug-likeness (QED) is 0.244. The molecule has 0 saturated carbocycles. The Morgan fingerprint density at radius 1 is 1.06 bits per heavy atom. The number of amides is 1. The van der Waals surface area contributed by atoms with Crippen LogP contribution in [-0.4, -0.2) is 41.1 Å². The minimum absolute atomic E-state index is 0.0290. The molecule has 3 aromatic rings. The van der Waals surface area contributed by atoms with Crippen molar-refractivity contribution >= 4 is 29.2 Å². The Bertz CT molecular complexity index is 1300. The van der Waals surface area contributed by atoms with Gasteiger partial charge in [0.15, 0.2) is 5.82 Å². The lowest BCUT2D eigenvalue weighted by Gasteiger charge is -2.23. The first-order valence-electron chi connectivity index (χ1n) is 10.9. The number of nitrogens with zero attached hydrogens (tertiary/aromatic N) is 2. The standard InChI is InChI=1S/C26H24N2O7/c1-14(2)34-19-11-9-17(10-12-19)23(29)21-22(16-5-7-18(8-6-16)26(32)33-4)28(25(31)24(21)30)20-13-15(3)35-27-20/h5-14,22,29H,1-4H3/t22-/m0/s1. The van der Waals surface area contributed by atoms with Gasteiger partial charge in [-0.1, -0.05) is 17.3 Å². The lowest BCUT2D eigenvalue weighted by molar-refractivity contribution is -0.132. The largest absolute Gasteiger partial charge is 0.507 e. The van der Waals surface area contributed by atoms with Crippen molar-refractivity contribution in [3.05, 3.63) is 82.6 Å². The summed E-state index contributed by atoms with van der Waals surface area (Å²) in [6.45, 7) is 5.45. The highest BCUT2D eigenvalue weighted by molar-refractivity contribution is 6.51. The summed E-state index contributed by atoms with van der Waals surface area (Å²) in [5.74, 6) is -1.42. The van der Waals surface area contributed by atoms with Crippen LogP contribution < -0.4 is 9.64 Å². The number of esters is 1. The van der Waals surface area contributed by atoms with Crippen molar-refractivity contribution in [1.29, 1.82) is 0 Å². The number of ketones is 1. The number of rotatable bonds is 6. The molecule has 0 radical (unpaired) electrons. The zero-order chi connectivity index (χ0) is 25.3. The number of aryl methyl sites for hydroxylation is 1. The summed E-state index contributed by atoms with van der Waals surface area (Å²) in [5.41, 5.74) is 1.01. The van der Waals surface area contributed by atoms with E-state index in [1.165, 1.54) is 30.2 Å². The fraction of sp³-hybridized carbons (Fsp3) is 0.231. The van der Waals surface area contributed by atoms with Gasteiger partial charge in [-0.25, -0.2) is 4.79 Å². The van der Waals surface area contributed by atoms with E-state index in [0.717, 1.165) is 0 Å². The number of methoxy groups -OCH3 is 1. The average Bonchev–Trinajstić information content (AvgIpc) is 3.38. The van der Waals surface area contributed by atoms with Crippen LogP contribution in [0.3, 0.4) is 0 Å². The molecule has 1 fully saturated rings. The number of benzene rings is 2. The van der Waals surface area contributed by atoms with E-state index < -0.39 is 23.7 Å². The molecule has 1 atom stereocenters. The van der Waals surface area contributed by atoms with Gasteiger partial charge in [0.05, 0.1) is 30.4 Å². The third-order valence-corrected chi connectivity index (χ3v) is 5.45. The number of ether oxygens (including phenoxy) is 2. The Kier molecular flexibility index (Phi) is 6.42. The number of carbonyl (C=O) groups is 3. The fourth-order valence-corrected chi connectivity index (χ4v) is 3.89. The molecule has 9 heteroatoms. The Hall–Kier alpha value is -4.40. The average molecular weight is 476 g/mol. The van der Waals surface area contributed by atoms with Crippen molar-refractivity contribution in [3.8, 4) is 5.75 Å². The van der Waals surface area contributed by atoms with Crippen molar-refractivity contribution in [1.82, 2.24) is 5.16 Å². The minimum atomic E-state index is -1.00. The molecular formula is C26H24N2O7. The Morgan fingerprint density at radius 3 is 2.23 bits per heavy atom. The first-order chi connectivity index (χ1) is 16.7. The van der Waals surface area contributed by atoms with Crippen molar-refractivity contribution < 1.29 is 33.5 Å². The molecule has 2 aromatic carbocycles. The summed E-state index contributed by atoms with van der Waals surface area (Å²) in [6, 6.07) is 13.3. The summed E-state index contributed by atoms with van der Waals surface area (Å²) >= 11 is 0. The van der Waals surface area contributed by atoms with E-state index >= 15 is 0 Å². The molecule has 2 heterocycles. The molecule has 0 bridgehead atoms. The van der Waals surface area contributed by atoms with Crippen LogP contribution in [-0.2, 0) is 14.3 Å². The molecule has 35 heavy (non-hydrogen) atoms. The van der Waals surface area contributed by atoms with Gasteiger partial charge in [-0.2, -0.15) is 0 Å². The molecule has 1 amide bonds. The first kappa shape index (κ1) is 23.7. The van der Waals surface area contributed by atoms with Gasteiger partial charge < -0.3 is 19.1 Å². The van der Waals surface area contributed by atoms with Crippen molar-refractivity contribution in [2.45, 2.75) is 32.9 Å². The first-order valence-corrected chi connectivity index (χ1v) is 10.9. The van der Waals surface area contributed by atoms with Crippen LogP contribution in [0.2, 0.25) is 0 Å². The van der Waals surface area contributed by atoms with E-state index in [9.17, 15) is 19.5 Å². The monoisotopic (exact) mass is 476 g/mol. The maximum atomic E-state index is 13.2. The van der Waals surface area contributed by atoms with Crippen molar-refractivity contribution in [2.75, 3.05) is 12.0 Å². The minimum Gasteiger partial charge on any atom is -0.507 e. The van der Waals surface area contributed by atoms with Gasteiger partial charge in [0.1, 0.15) is 17.3 Å². The number of anilines is 1. The lowest BCUT2D eigenvalue weighted by atomic mass is 9.94. The lowest BCUT2D eigenvalue weighted by Crippen LogP contribution is -2.29. The van der Waals surface area contributed by atoms with Crippen LogP contribution in [0.1, 0.15) is 47.1 Å². The molecular weight excluding hydrogens is 452 g/mol. The smallest absolute Gasteiger partial charge is 0.337 e. The number of carbonyl (C=O) groups excluding carboxylic acids is 3. The number of aromatic nitrogens is 1. The predicted octanol–water partition coefficient (Wildman–Crippen LogP) is 4.18. The van der Waals surface area contributed by atoms with E-state index in [-0.39, 0.29) is 23.3 Å². The molecule has 1 aliphatic heterocycles. The Balaban J connectivity index is 1.84. The second-order valence-corrected chi connectivity index (χ2v) is 8.27. The van der Waals surface area contributed by atoms with Gasteiger partial charge in [-0.3, -0.25) is 14.5 Å². The molecule has 1 saturated heterocycles. The van der Waals surface area contributed by atoms with Crippen LogP contribution in [0.15, 0.2) is 64.7 Å². The molecule has 0 spiro atoms. The summed E-state index contributed by atoms with van der Waals surface area (Å²) in [5, 5.41) is 15.1. The van der Waals surface area contributed by atoms with E-state index in [2.05, 4.69) is 5.16 Å². The van der Waals surface area contributed by atoms with E-state index in [1.807, 2.05) is 13.8 Å². The topological polar surface area (TPSA) is 119 Å². The molecule has 4 rings (SSSR count). The van der Waals surface area contributed by atoms with Crippen LogP contribution in [0, 0.1) is 6.92 Å². The molecule has 0 aliphatic carbocycles. The van der Waals surface area contributed by atoms with Crippen LogP contribution in [0.5, 0.6) is 5.75 Å². The third-order valence-electron chi connectivity index (χ3n) is 5.45. The molecule has 9 nitrogen and oxygen atoms in total. The van der Waals surface area contributed by atoms with Gasteiger partial charge in [-0.15, -0.1) is 0 Å².